The highest BCUT2D eigenvalue weighted by Crippen LogP contribution is 2.30. The van der Waals surface area contributed by atoms with Crippen LogP contribution in [0.25, 0.3) is 0 Å². The molecule has 7 nitrogen and oxygen atoms in total. The minimum absolute atomic E-state index is 0.0541. The molecule has 3 aromatic rings. The van der Waals surface area contributed by atoms with Crippen LogP contribution in [0.3, 0.4) is 0 Å². The van der Waals surface area contributed by atoms with Crippen molar-refractivity contribution in [2.75, 3.05) is 17.4 Å². The zero-order valence-electron chi connectivity index (χ0n) is 23.9. The van der Waals surface area contributed by atoms with E-state index in [9.17, 15) is 18.0 Å². The van der Waals surface area contributed by atoms with Crippen molar-refractivity contribution in [3.05, 3.63) is 94.0 Å². The second-order valence-electron chi connectivity index (χ2n) is 10.5. The van der Waals surface area contributed by atoms with Crippen molar-refractivity contribution in [1.82, 2.24) is 10.2 Å². The molecule has 0 aliphatic carbocycles. The largest absolute Gasteiger partial charge is 0.354 e. The number of carbonyl (C=O) groups is 2. The van der Waals surface area contributed by atoms with Crippen LogP contribution in [-0.4, -0.2) is 44.3 Å². The first-order valence-corrected chi connectivity index (χ1v) is 15.1. The number of benzene rings is 3. The summed E-state index contributed by atoms with van der Waals surface area (Å²) in [5, 5.41) is 3.24. The molecule has 0 spiro atoms. The Kier molecular flexibility index (Phi) is 10.4. The van der Waals surface area contributed by atoms with E-state index in [-0.39, 0.29) is 23.3 Å². The third-order valence-electron chi connectivity index (χ3n) is 6.78. The first kappa shape index (κ1) is 31.2. The number of aryl methyl sites for hydroxylation is 3. The molecule has 0 aromatic heterocycles. The van der Waals surface area contributed by atoms with Gasteiger partial charge in [-0.3, -0.25) is 13.9 Å². The Hall–Kier alpha value is -3.36. The lowest BCUT2D eigenvalue weighted by Crippen LogP contribution is -2.51. The van der Waals surface area contributed by atoms with E-state index in [4.69, 9.17) is 11.6 Å². The molecule has 0 bridgehead atoms. The van der Waals surface area contributed by atoms with Gasteiger partial charge in [-0.2, -0.15) is 0 Å². The average molecular weight is 584 g/mol. The predicted molar refractivity (Wildman–Crippen MR) is 161 cm³/mol. The van der Waals surface area contributed by atoms with E-state index >= 15 is 0 Å². The monoisotopic (exact) mass is 583 g/mol. The van der Waals surface area contributed by atoms with E-state index in [1.165, 1.54) is 17.0 Å². The molecule has 2 amide bonds. The molecule has 0 fully saturated rings. The maximum absolute atomic E-state index is 14.1. The molecule has 3 aromatic carbocycles. The highest BCUT2D eigenvalue weighted by atomic mass is 35.5. The standard InChI is InChI=1S/C31H38ClN3O4S/c1-21(2)18-33-31(37)25(6)34(19-26-10-8-7-9-23(26)4)30(36)20-35(29-17-27(32)14-13-24(29)5)40(38,39)28-15-11-22(3)12-16-28/h7-17,21,25H,18-20H2,1-6H3,(H,33,37)/t25-/m1/s1. The zero-order valence-corrected chi connectivity index (χ0v) is 25.5. The summed E-state index contributed by atoms with van der Waals surface area (Å²) in [5.74, 6) is -0.578. The molecule has 0 unspecified atom stereocenters. The quantitative estimate of drug-likeness (QED) is 0.316. The van der Waals surface area contributed by atoms with Gasteiger partial charge in [0.25, 0.3) is 10.0 Å². The number of rotatable bonds is 11. The Morgan fingerprint density at radius 3 is 2.17 bits per heavy atom. The summed E-state index contributed by atoms with van der Waals surface area (Å²) in [6.07, 6.45) is 0. The lowest BCUT2D eigenvalue weighted by atomic mass is 10.1. The normalized spacial score (nSPS) is 12.2. The van der Waals surface area contributed by atoms with Crippen molar-refractivity contribution in [2.45, 2.75) is 59.0 Å². The minimum atomic E-state index is -4.16. The Morgan fingerprint density at radius 2 is 1.55 bits per heavy atom. The van der Waals surface area contributed by atoms with Crippen LogP contribution in [0.2, 0.25) is 5.02 Å². The van der Waals surface area contributed by atoms with Crippen LogP contribution in [0.15, 0.2) is 71.6 Å². The van der Waals surface area contributed by atoms with Crippen LogP contribution in [0, 0.1) is 26.7 Å². The number of hydrogen-bond donors (Lipinski definition) is 1. The fourth-order valence-corrected chi connectivity index (χ4v) is 5.84. The van der Waals surface area contributed by atoms with Crippen molar-refractivity contribution in [1.29, 1.82) is 0 Å². The maximum atomic E-state index is 14.1. The van der Waals surface area contributed by atoms with Crippen molar-refractivity contribution < 1.29 is 18.0 Å². The van der Waals surface area contributed by atoms with Crippen molar-refractivity contribution >= 4 is 39.1 Å². The van der Waals surface area contributed by atoms with Crippen molar-refractivity contribution in [3.63, 3.8) is 0 Å². The van der Waals surface area contributed by atoms with Gasteiger partial charge in [-0.1, -0.05) is 73.5 Å². The van der Waals surface area contributed by atoms with E-state index in [1.807, 2.05) is 52.0 Å². The highest BCUT2D eigenvalue weighted by Gasteiger charge is 2.33. The topological polar surface area (TPSA) is 86.8 Å². The van der Waals surface area contributed by atoms with Gasteiger partial charge in [-0.15, -0.1) is 0 Å². The van der Waals surface area contributed by atoms with Crippen LogP contribution < -0.4 is 9.62 Å². The number of amides is 2. The van der Waals surface area contributed by atoms with Crippen LogP contribution in [0.4, 0.5) is 5.69 Å². The summed E-state index contributed by atoms with van der Waals surface area (Å²) in [5.41, 5.74) is 3.68. The second-order valence-corrected chi connectivity index (χ2v) is 12.8. The number of carbonyl (C=O) groups excluding carboxylic acids is 2. The Morgan fingerprint density at radius 1 is 0.900 bits per heavy atom. The molecule has 0 saturated heterocycles. The van der Waals surface area contributed by atoms with Gasteiger partial charge in [0.2, 0.25) is 11.8 Å². The second kappa shape index (κ2) is 13.3. The molecular formula is C31H38ClN3O4S. The van der Waals surface area contributed by atoms with E-state index in [2.05, 4.69) is 5.32 Å². The molecule has 3 rings (SSSR count). The van der Waals surface area contributed by atoms with Gasteiger partial charge in [-0.25, -0.2) is 8.42 Å². The Balaban J connectivity index is 2.07. The smallest absolute Gasteiger partial charge is 0.264 e. The molecule has 0 aliphatic rings. The lowest BCUT2D eigenvalue weighted by Gasteiger charge is -2.33. The molecule has 1 atom stereocenters. The number of nitrogens with zero attached hydrogens (tertiary/aromatic N) is 2. The summed E-state index contributed by atoms with van der Waals surface area (Å²) in [7, 11) is -4.16. The Bertz CT molecular complexity index is 1460. The number of nitrogens with one attached hydrogen (secondary N) is 1. The predicted octanol–water partition coefficient (Wildman–Crippen LogP) is 5.65. The molecule has 0 heterocycles. The van der Waals surface area contributed by atoms with Crippen LogP contribution in [0.5, 0.6) is 0 Å². The number of halogens is 1. The zero-order chi connectivity index (χ0) is 29.6. The molecule has 214 valence electrons. The van der Waals surface area contributed by atoms with Gasteiger partial charge >= 0.3 is 0 Å². The lowest BCUT2D eigenvalue weighted by molar-refractivity contribution is -0.139. The summed E-state index contributed by atoms with van der Waals surface area (Å²) in [6.45, 7) is 11.3. The molecule has 0 radical (unpaired) electrons. The van der Waals surface area contributed by atoms with E-state index in [1.54, 1.807) is 44.2 Å². The molecule has 40 heavy (non-hydrogen) atoms. The average Bonchev–Trinajstić information content (AvgIpc) is 2.91. The number of anilines is 1. The fourth-order valence-electron chi connectivity index (χ4n) is 4.21. The highest BCUT2D eigenvalue weighted by molar-refractivity contribution is 7.92. The summed E-state index contributed by atoms with van der Waals surface area (Å²) in [6, 6.07) is 18.2. The third-order valence-corrected chi connectivity index (χ3v) is 8.79. The van der Waals surface area contributed by atoms with Crippen LogP contribution in [0.1, 0.15) is 43.0 Å². The number of hydrogen-bond acceptors (Lipinski definition) is 4. The molecule has 0 saturated carbocycles. The SMILES string of the molecule is Cc1ccc(S(=O)(=O)N(CC(=O)N(Cc2ccccc2C)[C@H](C)C(=O)NCC(C)C)c2cc(Cl)ccc2C)cc1. The van der Waals surface area contributed by atoms with Crippen molar-refractivity contribution in [2.24, 2.45) is 5.92 Å². The van der Waals surface area contributed by atoms with Gasteiger partial charge in [0.15, 0.2) is 0 Å². The fraction of sp³-hybridized carbons (Fsp3) is 0.355. The molecule has 9 heteroatoms. The summed E-state index contributed by atoms with van der Waals surface area (Å²) >= 11 is 6.28. The van der Waals surface area contributed by atoms with Gasteiger partial charge in [0.1, 0.15) is 12.6 Å². The minimum Gasteiger partial charge on any atom is -0.354 e. The third kappa shape index (κ3) is 7.64. The van der Waals surface area contributed by atoms with Crippen molar-refractivity contribution in [3.8, 4) is 0 Å². The van der Waals surface area contributed by atoms with Gasteiger partial charge in [-0.05, 0) is 74.6 Å². The van der Waals surface area contributed by atoms with Gasteiger partial charge < -0.3 is 10.2 Å². The van der Waals surface area contributed by atoms with E-state index in [0.29, 0.717) is 22.8 Å². The summed E-state index contributed by atoms with van der Waals surface area (Å²) in [4.78, 5) is 28.7. The van der Waals surface area contributed by atoms with E-state index in [0.717, 1.165) is 21.0 Å². The Labute approximate surface area is 243 Å². The first-order chi connectivity index (χ1) is 18.8. The van der Waals surface area contributed by atoms with Crippen LogP contribution in [-0.2, 0) is 26.2 Å². The summed E-state index contributed by atoms with van der Waals surface area (Å²) < 4.78 is 29.1. The van der Waals surface area contributed by atoms with Crippen LogP contribution >= 0.6 is 11.6 Å². The molecule has 1 N–H and O–H groups in total. The molecule has 0 aliphatic heterocycles. The first-order valence-electron chi connectivity index (χ1n) is 13.3. The van der Waals surface area contributed by atoms with Gasteiger partial charge in [0, 0.05) is 18.1 Å². The van der Waals surface area contributed by atoms with Gasteiger partial charge in [0.05, 0.1) is 10.6 Å². The number of sulfonamides is 1. The molecular weight excluding hydrogens is 546 g/mol. The maximum Gasteiger partial charge on any atom is 0.264 e. The van der Waals surface area contributed by atoms with E-state index < -0.39 is 28.5 Å².